The fraction of sp³-hybridized carbons (Fsp3) is 0.200. The van der Waals surface area contributed by atoms with Crippen LogP contribution >= 0.6 is 0 Å². The smallest absolute Gasteiger partial charge is 0.295 e. The Morgan fingerprint density at radius 2 is 1.85 bits per heavy atom. The second-order valence-corrected chi connectivity index (χ2v) is 6.02. The van der Waals surface area contributed by atoms with E-state index in [-0.39, 0.29) is 5.56 Å². The highest BCUT2D eigenvalue weighted by Crippen LogP contribution is 2.29. The molecule has 0 radical (unpaired) electrons. The van der Waals surface area contributed by atoms with Crippen molar-refractivity contribution in [1.29, 1.82) is 0 Å². The predicted octanol–water partition coefficient (Wildman–Crippen LogP) is 3.58. The van der Waals surface area contributed by atoms with Gasteiger partial charge in [0, 0.05) is 16.3 Å². The number of nitrogens with one attached hydrogen (secondary N) is 1. The average Bonchev–Trinajstić information content (AvgIpc) is 3.05. The SMILES string of the molecule is CCOc1ccc(-n2nc(C)c3c([nH]c4ccc(OC)cc43)c2=O)cc1. The fourth-order valence-corrected chi connectivity index (χ4v) is 3.21. The minimum Gasteiger partial charge on any atom is -0.497 e. The molecule has 0 bridgehead atoms. The molecule has 1 N–H and O–H groups in total. The summed E-state index contributed by atoms with van der Waals surface area (Å²) in [6.45, 7) is 4.43. The van der Waals surface area contributed by atoms with Crippen molar-refractivity contribution >= 4 is 21.8 Å². The van der Waals surface area contributed by atoms with Gasteiger partial charge >= 0.3 is 0 Å². The van der Waals surface area contributed by atoms with Crippen LogP contribution in [0.1, 0.15) is 12.6 Å². The molecule has 2 aromatic carbocycles. The van der Waals surface area contributed by atoms with Crippen molar-refractivity contribution in [3.63, 3.8) is 0 Å². The van der Waals surface area contributed by atoms with Crippen LogP contribution in [0.3, 0.4) is 0 Å². The standard InChI is InChI=1S/C20H19N3O3/c1-4-26-14-7-5-13(6-8-14)23-20(24)19-18(12(2)22-23)16-11-15(25-3)9-10-17(16)21-19/h5-11,21H,4H2,1-3H3. The number of benzene rings is 2. The number of ether oxygens (including phenoxy) is 2. The van der Waals surface area contributed by atoms with E-state index < -0.39 is 0 Å². The predicted molar refractivity (Wildman–Crippen MR) is 102 cm³/mol. The number of aromatic nitrogens is 3. The van der Waals surface area contributed by atoms with Crippen molar-refractivity contribution in [3.8, 4) is 17.2 Å². The van der Waals surface area contributed by atoms with E-state index >= 15 is 0 Å². The van der Waals surface area contributed by atoms with Crippen LogP contribution in [0.4, 0.5) is 0 Å². The first kappa shape index (κ1) is 16.2. The molecule has 0 atom stereocenters. The Morgan fingerprint density at radius 1 is 1.12 bits per heavy atom. The van der Waals surface area contributed by atoms with E-state index in [0.717, 1.165) is 33.5 Å². The van der Waals surface area contributed by atoms with Gasteiger partial charge in [0.2, 0.25) is 0 Å². The van der Waals surface area contributed by atoms with Gasteiger partial charge in [-0.05, 0) is 56.3 Å². The molecular formula is C20H19N3O3. The van der Waals surface area contributed by atoms with Gasteiger partial charge in [0.15, 0.2) is 0 Å². The van der Waals surface area contributed by atoms with Crippen molar-refractivity contribution in [2.45, 2.75) is 13.8 Å². The molecule has 0 saturated carbocycles. The maximum absolute atomic E-state index is 13.0. The molecule has 26 heavy (non-hydrogen) atoms. The highest BCUT2D eigenvalue weighted by atomic mass is 16.5. The lowest BCUT2D eigenvalue weighted by Gasteiger charge is -2.08. The summed E-state index contributed by atoms with van der Waals surface area (Å²) in [5.41, 5.74) is 2.69. The molecule has 4 rings (SSSR count). The molecule has 0 aliphatic rings. The Bertz CT molecular complexity index is 1160. The molecule has 0 aliphatic heterocycles. The van der Waals surface area contributed by atoms with Gasteiger partial charge in [0.05, 0.1) is 25.1 Å². The lowest BCUT2D eigenvalue weighted by Crippen LogP contribution is -2.22. The normalized spacial score (nSPS) is 11.2. The third kappa shape index (κ3) is 2.50. The molecule has 6 nitrogen and oxygen atoms in total. The molecule has 0 amide bonds. The Morgan fingerprint density at radius 3 is 2.54 bits per heavy atom. The van der Waals surface area contributed by atoms with Crippen LogP contribution in [-0.4, -0.2) is 28.5 Å². The summed E-state index contributed by atoms with van der Waals surface area (Å²) in [5.74, 6) is 1.51. The average molecular weight is 349 g/mol. The zero-order valence-corrected chi connectivity index (χ0v) is 14.9. The van der Waals surface area contributed by atoms with Crippen LogP contribution < -0.4 is 15.0 Å². The Labute approximate surface area is 150 Å². The van der Waals surface area contributed by atoms with E-state index in [9.17, 15) is 4.79 Å². The molecule has 0 saturated heterocycles. The van der Waals surface area contributed by atoms with E-state index in [2.05, 4.69) is 10.1 Å². The summed E-state index contributed by atoms with van der Waals surface area (Å²) < 4.78 is 12.2. The lowest BCUT2D eigenvalue weighted by molar-refractivity contribution is 0.340. The first-order valence-electron chi connectivity index (χ1n) is 8.45. The molecular weight excluding hydrogens is 330 g/mol. The van der Waals surface area contributed by atoms with E-state index in [4.69, 9.17) is 9.47 Å². The number of fused-ring (bicyclic) bond motifs is 3. The van der Waals surface area contributed by atoms with Crippen molar-refractivity contribution in [2.75, 3.05) is 13.7 Å². The van der Waals surface area contributed by atoms with Crippen LogP contribution in [0.25, 0.3) is 27.5 Å². The zero-order valence-electron chi connectivity index (χ0n) is 14.9. The maximum Gasteiger partial charge on any atom is 0.295 e. The van der Waals surface area contributed by atoms with Crippen LogP contribution in [0, 0.1) is 6.92 Å². The molecule has 2 heterocycles. The largest absolute Gasteiger partial charge is 0.497 e. The fourth-order valence-electron chi connectivity index (χ4n) is 3.21. The minimum absolute atomic E-state index is 0.190. The molecule has 6 heteroatoms. The first-order valence-corrected chi connectivity index (χ1v) is 8.45. The Balaban J connectivity index is 1.94. The van der Waals surface area contributed by atoms with Crippen LogP contribution in [0.15, 0.2) is 47.3 Å². The summed E-state index contributed by atoms with van der Waals surface area (Å²) in [4.78, 5) is 16.2. The topological polar surface area (TPSA) is 69.1 Å². The lowest BCUT2D eigenvalue weighted by atomic mass is 10.1. The third-order valence-electron chi connectivity index (χ3n) is 4.42. The molecule has 0 aliphatic carbocycles. The summed E-state index contributed by atoms with van der Waals surface area (Å²) in [7, 11) is 1.63. The molecule has 2 aromatic heterocycles. The van der Waals surface area contributed by atoms with Gasteiger partial charge in [-0.2, -0.15) is 9.78 Å². The number of nitrogens with zero attached hydrogens (tertiary/aromatic N) is 2. The molecule has 0 fully saturated rings. The van der Waals surface area contributed by atoms with E-state index in [1.807, 2.05) is 56.3 Å². The van der Waals surface area contributed by atoms with Gasteiger partial charge in [-0.3, -0.25) is 4.79 Å². The van der Waals surface area contributed by atoms with Crippen molar-refractivity contribution in [3.05, 3.63) is 58.5 Å². The van der Waals surface area contributed by atoms with Gasteiger partial charge in [-0.25, -0.2) is 0 Å². The zero-order chi connectivity index (χ0) is 18.3. The van der Waals surface area contributed by atoms with Crippen LogP contribution in [-0.2, 0) is 0 Å². The minimum atomic E-state index is -0.190. The summed E-state index contributed by atoms with van der Waals surface area (Å²) in [6, 6.07) is 13.0. The second kappa shape index (κ2) is 6.22. The van der Waals surface area contributed by atoms with Gasteiger partial charge in [0.25, 0.3) is 5.56 Å². The molecule has 0 spiro atoms. The molecule has 0 unspecified atom stereocenters. The number of aromatic amines is 1. The maximum atomic E-state index is 13.0. The van der Waals surface area contributed by atoms with Crippen LogP contribution in [0.5, 0.6) is 11.5 Å². The van der Waals surface area contributed by atoms with E-state index in [1.165, 1.54) is 4.68 Å². The summed E-state index contributed by atoms with van der Waals surface area (Å²) >= 11 is 0. The molecule has 132 valence electrons. The number of aryl methyl sites for hydroxylation is 1. The van der Waals surface area contributed by atoms with Crippen LogP contribution in [0.2, 0.25) is 0 Å². The Hall–Kier alpha value is -3.28. The summed E-state index contributed by atoms with van der Waals surface area (Å²) in [6.07, 6.45) is 0. The highest BCUT2D eigenvalue weighted by molar-refractivity contribution is 6.08. The second-order valence-electron chi connectivity index (χ2n) is 6.02. The highest BCUT2D eigenvalue weighted by Gasteiger charge is 2.15. The van der Waals surface area contributed by atoms with Crippen molar-refractivity contribution in [2.24, 2.45) is 0 Å². The number of H-pyrrole nitrogens is 1. The van der Waals surface area contributed by atoms with Crippen molar-refractivity contribution in [1.82, 2.24) is 14.8 Å². The van der Waals surface area contributed by atoms with Gasteiger partial charge in [0.1, 0.15) is 17.0 Å². The number of hydrogen-bond acceptors (Lipinski definition) is 4. The summed E-state index contributed by atoms with van der Waals surface area (Å²) in [5, 5.41) is 6.28. The number of methoxy groups -OCH3 is 1. The van der Waals surface area contributed by atoms with Gasteiger partial charge < -0.3 is 14.5 Å². The monoisotopic (exact) mass is 349 g/mol. The van der Waals surface area contributed by atoms with E-state index in [0.29, 0.717) is 17.8 Å². The Kier molecular flexibility index (Phi) is 3.88. The number of rotatable bonds is 4. The van der Waals surface area contributed by atoms with Gasteiger partial charge in [-0.15, -0.1) is 0 Å². The number of hydrogen-bond donors (Lipinski definition) is 1. The third-order valence-corrected chi connectivity index (χ3v) is 4.42. The molecule has 4 aromatic rings. The van der Waals surface area contributed by atoms with E-state index in [1.54, 1.807) is 7.11 Å². The first-order chi connectivity index (χ1) is 12.6. The van der Waals surface area contributed by atoms with Crippen molar-refractivity contribution < 1.29 is 9.47 Å². The quantitative estimate of drug-likeness (QED) is 0.611. The van der Waals surface area contributed by atoms with Gasteiger partial charge in [-0.1, -0.05) is 0 Å².